The zero-order valence-corrected chi connectivity index (χ0v) is 16.8. The predicted octanol–water partition coefficient (Wildman–Crippen LogP) is 2.49. The summed E-state index contributed by atoms with van der Waals surface area (Å²) in [5.74, 6) is 0.284. The lowest BCUT2D eigenvalue weighted by Gasteiger charge is -2.29. The van der Waals surface area contributed by atoms with E-state index in [2.05, 4.69) is 14.8 Å². The number of carbonyl (C=O) groups is 1. The molecular formula is C22H21N5O4. The first-order chi connectivity index (χ1) is 15.1. The number of morpholine rings is 1. The number of benzene rings is 2. The van der Waals surface area contributed by atoms with E-state index < -0.39 is 4.92 Å². The Bertz CT molecular complexity index is 1090. The first-order valence-electron chi connectivity index (χ1n) is 10.2. The third kappa shape index (κ3) is 3.58. The number of ether oxygens (including phenoxy) is 1. The number of guanidine groups is 1. The van der Waals surface area contributed by atoms with Gasteiger partial charge < -0.3 is 9.64 Å². The van der Waals surface area contributed by atoms with Crippen LogP contribution in [0.2, 0.25) is 0 Å². The number of hydrogen-bond donors (Lipinski definition) is 0. The Hall–Kier alpha value is -3.56. The molecule has 1 saturated heterocycles. The van der Waals surface area contributed by atoms with Gasteiger partial charge in [-0.2, -0.15) is 4.99 Å². The van der Waals surface area contributed by atoms with Crippen molar-refractivity contribution in [3.63, 3.8) is 0 Å². The maximum atomic E-state index is 12.8. The predicted molar refractivity (Wildman–Crippen MR) is 117 cm³/mol. The minimum atomic E-state index is -0.443. The van der Waals surface area contributed by atoms with Crippen LogP contribution in [0.1, 0.15) is 5.56 Å². The second kappa shape index (κ2) is 7.93. The highest BCUT2D eigenvalue weighted by atomic mass is 16.6. The molecule has 1 fully saturated rings. The number of fused-ring (bicyclic) bond motifs is 3. The van der Waals surface area contributed by atoms with E-state index in [-0.39, 0.29) is 11.6 Å². The third-order valence-corrected chi connectivity index (χ3v) is 5.67. The third-order valence-electron chi connectivity index (χ3n) is 5.67. The molecule has 2 aromatic rings. The van der Waals surface area contributed by atoms with Crippen LogP contribution >= 0.6 is 0 Å². The van der Waals surface area contributed by atoms with Crippen LogP contribution in [0.5, 0.6) is 0 Å². The molecule has 9 nitrogen and oxygen atoms in total. The highest BCUT2D eigenvalue weighted by Gasteiger charge is 2.41. The van der Waals surface area contributed by atoms with Gasteiger partial charge in [-0.05, 0) is 35.9 Å². The molecule has 3 aliphatic rings. The Balaban J connectivity index is 1.44. The van der Waals surface area contributed by atoms with Gasteiger partial charge in [0.2, 0.25) is 5.96 Å². The summed E-state index contributed by atoms with van der Waals surface area (Å²) in [7, 11) is 0. The number of amides is 1. The molecule has 158 valence electrons. The van der Waals surface area contributed by atoms with E-state index in [1.807, 2.05) is 29.2 Å². The lowest BCUT2D eigenvalue weighted by Crippen LogP contribution is -2.43. The van der Waals surface area contributed by atoms with E-state index in [4.69, 9.17) is 4.74 Å². The lowest BCUT2D eigenvalue weighted by atomic mass is 10.1. The number of nitro benzene ring substituents is 1. The molecule has 3 heterocycles. The maximum Gasteiger partial charge on any atom is 0.297 e. The average molecular weight is 419 g/mol. The van der Waals surface area contributed by atoms with Gasteiger partial charge in [0.05, 0.1) is 29.5 Å². The standard InChI is InChI=1S/C22H21N5O4/c28-21-20(15-16-5-7-17(8-6-16)27(29)30)26-19-4-2-1-3-18(19)25(22(26)23-21)10-9-24-11-13-31-14-12-24/h1-8,15H,9-14H2. The van der Waals surface area contributed by atoms with Crippen molar-refractivity contribution < 1.29 is 14.5 Å². The highest BCUT2D eigenvalue weighted by molar-refractivity contribution is 6.31. The fraction of sp³-hybridized carbons (Fsp3) is 0.273. The van der Waals surface area contributed by atoms with Gasteiger partial charge in [-0.25, -0.2) is 0 Å². The minimum Gasteiger partial charge on any atom is -0.379 e. The summed E-state index contributed by atoms with van der Waals surface area (Å²) in [6.45, 7) is 4.84. The summed E-state index contributed by atoms with van der Waals surface area (Å²) in [5.41, 5.74) is 3.07. The minimum absolute atomic E-state index is 0.0117. The topological polar surface area (TPSA) is 91.5 Å². The Kier molecular flexibility index (Phi) is 4.97. The summed E-state index contributed by atoms with van der Waals surface area (Å²) < 4.78 is 5.43. The highest BCUT2D eigenvalue weighted by Crippen LogP contribution is 2.42. The van der Waals surface area contributed by atoms with Gasteiger partial charge >= 0.3 is 0 Å². The molecule has 3 aliphatic heterocycles. The number of nitrogens with zero attached hydrogens (tertiary/aromatic N) is 5. The van der Waals surface area contributed by atoms with Crippen LogP contribution in [-0.4, -0.2) is 61.1 Å². The molecule has 0 radical (unpaired) electrons. The van der Waals surface area contributed by atoms with E-state index >= 15 is 0 Å². The van der Waals surface area contributed by atoms with Crippen LogP contribution in [0, 0.1) is 10.1 Å². The van der Waals surface area contributed by atoms with Crippen LogP contribution in [0.25, 0.3) is 6.08 Å². The van der Waals surface area contributed by atoms with Gasteiger partial charge in [-0.15, -0.1) is 0 Å². The number of non-ortho nitro benzene ring substituents is 1. The van der Waals surface area contributed by atoms with Crippen LogP contribution in [0.4, 0.5) is 17.1 Å². The Labute approximate surface area is 179 Å². The van der Waals surface area contributed by atoms with E-state index in [0.29, 0.717) is 23.8 Å². The molecule has 0 bridgehead atoms. The number of carbonyl (C=O) groups excluding carboxylic acids is 1. The number of rotatable bonds is 5. The molecule has 0 atom stereocenters. The number of nitro groups is 1. The number of anilines is 2. The molecule has 0 unspecified atom stereocenters. The van der Waals surface area contributed by atoms with Crippen molar-refractivity contribution in [2.45, 2.75) is 0 Å². The molecule has 0 spiro atoms. The summed E-state index contributed by atoms with van der Waals surface area (Å²) in [6, 6.07) is 14.0. The molecule has 9 heteroatoms. The van der Waals surface area contributed by atoms with Crippen molar-refractivity contribution in [2.24, 2.45) is 4.99 Å². The molecule has 5 rings (SSSR count). The molecule has 0 saturated carbocycles. The number of hydrogen-bond acceptors (Lipinski definition) is 7. The second-order valence-electron chi connectivity index (χ2n) is 7.52. The Morgan fingerprint density at radius 3 is 2.45 bits per heavy atom. The van der Waals surface area contributed by atoms with Gasteiger partial charge in [-0.1, -0.05) is 12.1 Å². The lowest BCUT2D eigenvalue weighted by molar-refractivity contribution is -0.384. The Morgan fingerprint density at radius 2 is 1.74 bits per heavy atom. The van der Waals surface area contributed by atoms with Crippen LogP contribution < -0.4 is 9.80 Å². The number of aliphatic imine (C=N–C) groups is 1. The van der Waals surface area contributed by atoms with Gasteiger partial charge in [-0.3, -0.25) is 24.7 Å². The van der Waals surface area contributed by atoms with Gasteiger partial charge in [0, 0.05) is 38.3 Å². The first-order valence-corrected chi connectivity index (χ1v) is 10.2. The van der Waals surface area contributed by atoms with Crippen LogP contribution in [0.15, 0.2) is 59.2 Å². The van der Waals surface area contributed by atoms with Gasteiger partial charge in [0.25, 0.3) is 11.6 Å². The van der Waals surface area contributed by atoms with Crippen molar-refractivity contribution in [3.05, 3.63) is 69.9 Å². The SMILES string of the molecule is O=C1N=C2N(CCN3CCOCC3)c3ccccc3N2C1=Cc1ccc([N+](=O)[O-])cc1. The molecular weight excluding hydrogens is 398 g/mol. The van der Waals surface area contributed by atoms with Gasteiger partial charge in [0.15, 0.2) is 0 Å². The molecule has 0 aliphatic carbocycles. The Morgan fingerprint density at radius 1 is 1.03 bits per heavy atom. The normalized spacial score (nSPS) is 19.5. The van der Waals surface area contributed by atoms with Gasteiger partial charge in [0.1, 0.15) is 5.70 Å². The van der Waals surface area contributed by atoms with E-state index in [9.17, 15) is 14.9 Å². The second-order valence-corrected chi connectivity index (χ2v) is 7.52. The van der Waals surface area contributed by atoms with Crippen molar-refractivity contribution in [2.75, 3.05) is 49.2 Å². The van der Waals surface area contributed by atoms with E-state index in [0.717, 1.165) is 44.2 Å². The first kappa shape index (κ1) is 19.4. The van der Waals surface area contributed by atoms with Crippen LogP contribution in [-0.2, 0) is 9.53 Å². The molecule has 0 aromatic heterocycles. The average Bonchev–Trinajstić information content (AvgIpc) is 3.27. The largest absolute Gasteiger partial charge is 0.379 e. The summed E-state index contributed by atoms with van der Waals surface area (Å²) in [6.07, 6.45) is 1.73. The smallest absolute Gasteiger partial charge is 0.297 e. The van der Waals surface area contributed by atoms with Crippen molar-refractivity contribution in [1.82, 2.24) is 4.90 Å². The van der Waals surface area contributed by atoms with E-state index in [1.165, 1.54) is 12.1 Å². The van der Waals surface area contributed by atoms with Crippen molar-refractivity contribution >= 4 is 35.0 Å². The monoisotopic (exact) mass is 419 g/mol. The van der Waals surface area contributed by atoms with E-state index in [1.54, 1.807) is 18.2 Å². The summed E-state index contributed by atoms with van der Waals surface area (Å²) in [5, 5.41) is 10.9. The van der Waals surface area contributed by atoms with Crippen molar-refractivity contribution in [1.29, 1.82) is 0 Å². The zero-order chi connectivity index (χ0) is 21.4. The molecule has 1 amide bonds. The summed E-state index contributed by atoms with van der Waals surface area (Å²) in [4.78, 5) is 33.9. The zero-order valence-electron chi connectivity index (χ0n) is 16.8. The van der Waals surface area contributed by atoms with Crippen LogP contribution in [0.3, 0.4) is 0 Å². The van der Waals surface area contributed by atoms with Crippen molar-refractivity contribution in [3.8, 4) is 0 Å². The number of para-hydroxylation sites is 2. The molecule has 31 heavy (non-hydrogen) atoms. The molecule has 2 aromatic carbocycles. The maximum absolute atomic E-state index is 12.8. The fourth-order valence-electron chi connectivity index (χ4n) is 4.07. The summed E-state index contributed by atoms with van der Waals surface area (Å²) >= 11 is 0. The quantitative estimate of drug-likeness (QED) is 0.418. The fourth-order valence-corrected chi connectivity index (χ4v) is 4.07. The molecule has 0 N–H and O–H groups in total.